The summed E-state index contributed by atoms with van der Waals surface area (Å²) in [7, 11) is 1.96. The summed E-state index contributed by atoms with van der Waals surface area (Å²) in [6.07, 6.45) is 7.33. The van der Waals surface area contributed by atoms with E-state index in [0.29, 0.717) is 16.9 Å². The number of rotatable bonds is 10. The fraction of sp³-hybridized carbons (Fsp3) is 0.300. The van der Waals surface area contributed by atoms with Crippen molar-refractivity contribution in [1.82, 2.24) is 14.5 Å². The van der Waals surface area contributed by atoms with Crippen LogP contribution in [0.4, 0.5) is 31.8 Å². The van der Waals surface area contributed by atoms with Crippen LogP contribution in [0.25, 0.3) is 22.2 Å². The number of carbonyl (C=O) groups is 1. The molecule has 8 nitrogen and oxygen atoms in total. The second-order valence-corrected chi connectivity index (χ2v) is 9.86. The van der Waals surface area contributed by atoms with Crippen LogP contribution in [-0.4, -0.2) is 40.6 Å². The van der Waals surface area contributed by atoms with Crippen LogP contribution in [0.3, 0.4) is 0 Å². The van der Waals surface area contributed by atoms with Gasteiger partial charge in [0.05, 0.1) is 23.1 Å². The lowest BCUT2D eigenvalue weighted by Gasteiger charge is -2.24. The number of nitrogens with zero attached hydrogens (tertiary/aromatic N) is 4. The zero-order chi connectivity index (χ0) is 28.4. The molecule has 0 aliphatic carbocycles. The van der Waals surface area contributed by atoms with Crippen LogP contribution >= 0.6 is 0 Å². The Kier molecular flexibility index (Phi) is 7.68. The number of aryl methyl sites for hydroxylation is 3. The standard InChI is InChI=1S/C30H32F2N6O2/c1-5-12-37(4)24-14-18(3)22(15-23(24)34-26(39)6-2)35-30-33-16-25(40-29(31)32)27(36-30)21-17-38-13-8-10-19-9-7-11-20(21)28(19)38/h6-7,9,11,14-17,29H,2,5,8,10,12-13H2,1,3-4H3,(H,34,39)(H,33,35,36). The van der Waals surface area contributed by atoms with E-state index in [9.17, 15) is 13.6 Å². The molecule has 1 aliphatic rings. The average molecular weight is 547 g/mol. The van der Waals surface area contributed by atoms with E-state index in [4.69, 9.17) is 4.74 Å². The second-order valence-electron chi connectivity index (χ2n) is 9.86. The Bertz CT molecular complexity index is 1580. The molecule has 40 heavy (non-hydrogen) atoms. The Morgan fingerprint density at radius 2 is 2.12 bits per heavy atom. The second kappa shape index (κ2) is 11.3. The number of carbonyl (C=O) groups excluding carboxylic acids is 1. The summed E-state index contributed by atoms with van der Waals surface area (Å²) < 4.78 is 33.7. The average Bonchev–Trinajstić information content (AvgIpc) is 3.31. The van der Waals surface area contributed by atoms with Gasteiger partial charge in [-0.1, -0.05) is 31.7 Å². The molecule has 208 valence electrons. The van der Waals surface area contributed by atoms with E-state index < -0.39 is 6.61 Å². The first-order valence-electron chi connectivity index (χ1n) is 13.3. The molecule has 3 heterocycles. The van der Waals surface area contributed by atoms with Crippen molar-refractivity contribution in [3.05, 3.63) is 66.5 Å². The highest BCUT2D eigenvalue weighted by molar-refractivity contribution is 6.02. The number of hydrogen-bond donors (Lipinski definition) is 2. The third-order valence-corrected chi connectivity index (χ3v) is 7.06. The lowest BCUT2D eigenvalue weighted by molar-refractivity contribution is -0.111. The van der Waals surface area contributed by atoms with Crippen molar-refractivity contribution in [1.29, 1.82) is 0 Å². The minimum absolute atomic E-state index is 0.101. The van der Waals surface area contributed by atoms with Crippen molar-refractivity contribution in [2.45, 2.75) is 46.3 Å². The molecule has 4 aromatic rings. The quantitative estimate of drug-likeness (QED) is 0.216. The normalized spacial score (nSPS) is 12.4. The zero-order valence-corrected chi connectivity index (χ0v) is 22.8. The van der Waals surface area contributed by atoms with Gasteiger partial charge in [-0.15, -0.1) is 0 Å². The summed E-state index contributed by atoms with van der Waals surface area (Å²) >= 11 is 0. The van der Waals surface area contributed by atoms with Gasteiger partial charge in [-0.25, -0.2) is 9.97 Å². The van der Waals surface area contributed by atoms with E-state index in [1.807, 2.05) is 44.4 Å². The van der Waals surface area contributed by atoms with Crippen LogP contribution in [0.1, 0.15) is 30.9 Å². The maximum Gasteiger partial charge on any atom is 0.387 e. The third kappa shape index (κ3) is 5.34. The fourth-order valence-corrected chi connectivity index (χ4v) is 5.25. The van der Waals surface area contributed by atoms with Crippen LogP contribution in [0.2, 0.25) is 0 Å². The summed E-state index contributed by atoms with van der Waals surface area (Å²) in [6, 6.07) is 9.83. The number of alkyl halides is 2. The Balaban J connectivity index is 1.58. The molecule has 2 aromatic heterocycles. The van der Waals surface area contributed by atoms with Gasteiger partial charge in [-0.2, -0.15) is 8.78 Å². The molecular weight excluding hydrogens is 514 g/mol. The number of anilines is 4. The van der Waals surface area contributed by atoms with E-state index in [-0.39, 0.29) is 23.3 Å². The highest BCUT2D eigenvalue weighted by Crippen LogP contribution is 2.39. The molecule has 0 radical (unpaired) electrons. The lowest BCUT2D eigenvalue weighted by atomic mass is 10.0. The van der Waals surface area contributed by atoms with Gasteiger partial charge in [0.25, 0.3) is 0 Å². The molecule has 0 saturated carbocycles. The summed E-state index contributed by atoms with van der Waals surface area (Å²) in [5.74, 6) is -0.222. The van der Waals surface area contributed by atoms with Crippen molar-refractivity contribution < 1.29 is 18.3 Å². The Labute approximate surface area is 231 Å². The number of ether oxygens (including phenoxy) is 1. The van der Waals surface area contributed by atoms with Crippen LogP contribution in [0, 0.1) is 6.92 Å². The molecule has 1 amide bonds. The third-order valence-electron chi connectivity index (χ3n) is 7.06. The highest BCUT2D eigenvalue weighted by Gasteiger charge is 2.22. The van der Waals surface area contributed by atoms with Gasteiger partial charge >= 0.3 is 6.61 Å². The molecule has 10 heteroatoms. The maximum atomic E-state index is 13.4. The first-order chi connectivity index (χ1) is 19.3. The number of halogens is 2. The minimum atomic E-state index is -3.02. The van der Waals surface area contributed by atoms with E-state index >= 15 is 0 Å². The summed E-state index contributed by atoms with van der Waals surface area (Å²) in [5, 5.41) is 7.02. The van der Waals surface area contributed by atoms with Crippen LogP contribution in [0.15, 0.2) is 55.4 Å². The number of aromatic nitrogens is 3. The summed E-state index contributed by atoms with van der Waals surface area (Å²) in [5.41, 5.74) is 6.28. The molecule has 0 saturated heterocycles. The first kappa shape index (κ1) is 27.1. The van der Waals surface area contributed by atoms with Gasteiger partial charge in [0.15, 0.2) is 5.75 Å². The van der Waals surface area contributed by atoms with Crippen LogP contribution < -0.4 is 20.3 Å². The predicted molar refractivity (Wildman–Crippen MR) is 155 cm³/mol. The smallest absolute Gasteiger partial charge is 0.387 e. The number of nitrogens with one attached hydrogen (secondary N) is 2. The van der Waals surface area contributed by atoms with Gasteiger partial charge in [-0.3, -0.25) is 4.79 Å². The SMILES string of the molecule is C=CC(=O)Nc1cc(Nc2ncc(OC(F)F)c(-c3cn4c5c(cccc35)CCC4)n2)c(C)cc1N(C)CCC. The number of benzene rings is 2. The van der Waals surface area contributed by atoms with Gasteiger partial charge in [0, 0.05) is 43.0 Å². The van der Waals surface area contributed by atoms with E-state index in [1.54, 1.807) is 0 Å². The molecule has 0 spiro atoms. The van der Waals surface area contributed by atoms with E-state index in [0.717, 1.165) is 54.5 Å². The number of amides is 1. The van der Waals surface area contributed by atoms with E-state index in [1.165, 1.54) is 17.8 Å². The van der Waals surface area contributed by atoms with Crippen molar-refractivity contribution >= 4 is 39.8 Å². The molecule has 0 fully saturated rings. The summed E-state index contributed by atoms with van der Waals surface area (Å²) in [4.78, 5) is 23.2. The highest BCUT2D eigenvalue weighted by atomic mass is 19.3. The van der Waals surface area contributed by atoms with Gasteiger partial charge in [0.2, 0.25) is 11.9 Å². The van der Waals surface area contributed by atoms with Gasteiger partial charge < -0.3 is 24.8 Å². The molecule has 0 atom stereocenters. The van der Waals surface area contributed by atoms with Crippen molar-refractivity contribution in [2.75, 3.05) is 29.1 Å². The fourth-order valence-electron chi connectivity index (χ4n) is 5.25. The number of para-hydroxylation sites is 1. The van der Waals surface area contributed by atoms with E-state index in [2.05, 4.69) is 49.6 Å². The molecule has 2 aromatic carbocycles. The Morgan fingerprint density at radius 3 is 2.88 bits per heavy atom. The van der Waals surface area contributed by atoms with Crippen LogP contribution in [0.5, 0.6) is 5.75 Å². The first-order valence-corrected chi connectivity index (χ1v) is 13.3. The summed E-state index contributed by atoms with van der Waals surface area (Å²) in [6.45, 7) is 6.19. The molecule has 0 bridgehead atoms. The van der Waals surface area contributed by atoms with Gasteiger partial charge in [0.1, 0.15) is 5.69 Å². The topological polar surface area (TPSA) is 84.3 Å². The predicted octanol–water partition coefficient (Wildman–Crippen LogP) is 6.67. The van der Waals surface area contributed by atoms with Crippen LogP contribution in [-0.2, 0) is 17.8 Å². The van der Waals surface area contributed by atoms with Crippen molar-refractivity contribution in [2.24, 2.45) is 0 Å². The maximum absolute atomic E-state index is 13.4. The molecular formula is C30H32F2N6O2. The zero-order valence-electron chi connectivity index (χ0n) is 22.8. The largest absolute Gasteiger partial charge is 0.431 e. The van der Waals surface area contributed by atoms with Crippen molar-refractivity contribution in [3.63, 3.8) is 0 Å². The molecule has 5 rings (SSSR count). The minimum Gasteiger partial charge on any atom is -0.431 e. The Morgan fingerprint density at radius 1 is 1.30 bits per heavy atom. The lowest BCUT2D eigenvalue weighted by Crippen LogP contribution is -2.21. The molecule has 0 unspecified atom stereocenters. The molecule has 1 aliphatic heterocycles. The monoisotopic (exact) mass is 546 g/mol. The molecule has 2 N–H and O–H groups in total. The Hall–Kier alpha value is -4.47. The number of hydrogen-bond acceptors (Lipinski definition) is 6. The van der Waals surface area contributed by atoms with Gasteiger partial charge in [-0.05, 0) is 55.5 Å². The van der Waals surface area contributed by atoms with Crippen molar-refractivity contribution in [3.8, 4) is 17.0 Å².